The molecular formula is C15H12ClF3N2O3S2. The lowest BCUT2D eigenvalue weighted by atomic mass is 10.3. The molecule has 2 rings (SSSR count). The zero-order valence-corrected chi connectivity index (χ0v) is 15.3. The van der Waals surface area contributed by atoms with Gasteiger partial charge in [0.25, 0.3) is 0 Å². The fourth-order valence-corrected chi connectivity index (χ4v) is 3.44. The molecule has 0 bridgehead atoms. The molecule has 2 N–H and O–H groups in total. The van der Waals surface area contributed by atoms with E-state index in [-0.39, 0.29) is 21.6 Å². The molecule has 140 valence electrons. The number of hydrogen-bond acceptors (Lipinski definition) is 4. The fraction of sp³-hybridized carbons (Fsp3) is 0.133. The number of halogens is 4. The van der Waals surface area contributed by atoms with Crippen LogP contribution in [0, 0.1) is 0 Å². The summed E-state index contributed by atoms with van der Waals surface area (Å²) in [4.78, 5) is 11.9. The summed E-state index contributed by atoms with van der Waals surface area (Å²) >= 11 is 5.11. The largest absolute Gasteiger partial charge is 0.446 e. The molecule has 2 amide bonds. The molecular weight excluding hydrogens is 413 g/mol. The summed E-state index contributed by atoms with van der Waals surface area (Å²) in [7, 11) is -3.55. The standard InChI is InChI=1S/C15H12ClF3N2O3S2/c16-9-26(23,24)13-7-3-11(4-8-13)21-14(22)20-10-1-5-12(6-2-10)25-15(17,18)19/h1-8H,9H2,(H2,20,21,22). The maximum absolute atomic E-state index is 12.3. The molecule has 0 fully saturated rings. The summed E-state index contributed by atoms with van der Waals surface area (Å²) in [6.07, 6.45) is 0. The monoisotopic (exact) mass is 424 g/mol. The van der Waals surface area contributed by atoms with Gasteiger partial charge in [0.05, 0.1) is 4.90 Å². The van der Waals surface area contributed by atoms with Gasteiger partial charge in [0.1, 0.15) is 5.21 Å². The molecule has 5 nitrogen and oxygen atoms in total. The molecule has 0 aliphatic rings. The molecule has 0 aliphatic heterocycles. The van der Waals surface area contributed by atoms with Gasteiger partial charge in [-0.1, -0.05) is 0 Å². The van der Waals surface area contributed by atoms with E-state index in [4.69, 9.17) is 11.6 Å². The van der Waals surface area contributed by atoms with Crippen LogP contribution in [0.1, 0.15) is 0 Å². The molecule has 2 aromatic rings. The van der Waals surface area contributed by atoms with Gasteiger partial charge in [-0.2, -0.15) is 13.2 Å². The maximum atomic E-state index is 12.3. The van der Waals surface area contributed by atoms with E-state index in [9.17, 15) is 26.4 Å². The summed E-state index contributed by atoms with van der Waals surface area (Å²) in [6.45, 7) is 0. The van der Waals surface area contributed by atoms with Crippen molar-refractivity contribution in [3.8, 4) is 0 Å². The van der Waals surface area contributed by atoms with Crippen LogP contribution in [0.5, 0.6) is 0 Å². The average Bonchev–Trinajstić information content (AvgIpc) is 2.56. The average molecular weight is 425 g/mol. The van der Waals surface area contributed by atoms with E-state index < -0.39 is 26.6 Å². The third kappa shape index (κ3) is 6.11. The van der Waals surface area contributed by atoms with Crippen LogP contribution < -0.4 is 10.6 Å². The van der Waals surface area contributed by atoms with Gasteiger partial charge >= 0.3 is 11.5 Å². The molecule has 11 heteroatoms. The van der Waals surface area contributed by atoms with Crippen LogP contribution >= 0.6 is 23.4 Å². The SMILES string of the molecule is O=C(Nc1ccc(SC(F)(F)F)cc1)Nc1ccc(S(=O)(=O)CCl)cc1. The van der Waals surface area contributed by atoms with Gasteiger partial charge in [-0.25, -0.2) is 13.2 Å². The highest BCUT2D eigenvalue weighted by atomic mass is 35.5. The van der Waals surface area contributed by atoms with Crippen molar-refractivity contribution >= 4 is 50.6 Å². The third-order valence-corrected chi connectivity index (χ3v) is 5.84. The Morgan fingerprint density at radius 2 is 1.42 bits per heavy atom. The second-order valence-corrected chi connectivity index (χ2v) is 8.61. The van der Waals surface area contributed by atoms with Gasteiger partial charge in [-0.05, 0) is 60.3 Å². The minimum Gasteiger partial charge on any atom is -0.308 e. The van der Waals surface area contributed by atoms with Crippen LogP contribution in [-0.4, -0.2) is 25.2 Å². The Labute approximate surface area is 156 Å². The Kier molecular flexibility index (Phi) is 6.43. The zero-order chi connectivity index (χ0) is 19.4. The van der Waals surface area contributed by atoms with Crippen molar-refractivity contribution in [1.82, 2.24) is 0 Å². The number of amides is 2. The zero-order valence-electron chi connectivity index (χ0n) is 12.9. The highest BCUT2D eigenvalue weighted by Crippen LogP contribution is 2.37. The molecule has 0 unspecified atom stereocenters. The second kappa shape index (κ2) is 8.19. The summed E-state index contributed by atoms with van der Waals surface area (Å²) in [6, 6.07) is 9.90. The normalized spacial score (nSPS) is 11.8. The number of urea groups is 1. The number of hydrogen-bond donors (Lipinski definition) is 2. The molecule has 0 radical (unpaired) electrons. The van der Waals surface area contributed by atoms with E-state index in [1.54, 1.807) is 0 Å². The summed E-state index contributed by atoms with van der Waals surface area (Å²) in [5, 5.41) is 4.38. The fourth-order valence-electron chi connectivity index (χ4n) is 1.84. The lowest BCUT2D eigenvalue weighted by molar-refractivity contribution is -0.0328. The smallest absolute Gasteiger partial charge is 0.308 e. The molecule has 2 aromatic carbocycles. The molecule has 26 heavy (non-hydrogen) atoms. The highest BCUT2D eigenvalue weighted by Gasteiger charge is 2.29. The number of rotatable bonds is 5. The number of carbonyl (C=O) groups is 1. The number of carbonyl (C=O) groups excluding carboxylic acids is 1. The quantitative estimate of drug-likeness (QED) is 0.528. The minimum absolute atomic E-state index is 0.000419. The van der Waals surface area contributed by atoms with E-state index in [0.717, 1.165) is 0 Å². The number of nitrogens with one attached hydrogen (secondary N) is 2. The van der Waals surface area contributed by atoms with Crippen molar-refractivity contribution in [2.45, 2.75) is 15.3 Å². The maximum Gasteiger partial charge on any atom is 0.446 e. The van der Waals surface area contributed by atoms with Gasteiger partial charge in [-0.3, -0.25) is 0 Å². The van der Waals surface area contributed by atoms with Gasteiger partial charge in [0.2, 0.25) is 0 Å². The van der Waals surface area contributed by atoms with Gasteiger partial charge in [0.15, 0.2) is 9.84 Å². The Morgan fingerprint density at radius 1 is 0.962 bits per heavy atom. The molecule has 0 saturated carbocycles. The number of benzene rings is 2. The van der Waals surface area contributed by atoms with E-state index in [1.807, 2.05) is 0 Å². The molecule has 0 atom stereocenters. The van der Waals surface area contributed by atoms with E-state index in [1.165, 1.54) is 48.5 Å². The van der Waals surface area contributed by atoms with Crippen molar-refractivity contribution in [2.24, 2.45) is 0 Å². The van der Waals surface area contributed by atoms with Crippen molar-refractivity contribution in [2.75, 3.05) is 15.8 Å². The van der Waals surface area contributed by atoms with Crippen molar-refractivity contribution in [3.05, 3.63) is 48.5 Å². The predicted octanol–water partition coefficient (Wildman–Crippen LogP) is 4.91. The van der Waals surface area contributed by atoms with Gasteiger partial charge in [0, 0.05) is 16.3 Å². The number of sulfone groups is 1. The summed E-state index contributed by atoms with van der Waals surface area (Å²) < 4.78 is 59.9. The lowest BCUT2D eigenvalue weighted by Gasteiger charge is -2.09. The van der Waals surface area contributed by atoms with E-state index in [0.29, 0.717) is 11.4 Å². The number of anilines is 2. The predicted molar refractivity (Wildman–Crippen MR) is 95.3 cm³/mol. The van der Waals surface area contributed by atoms with Crippen LogP contribution in [0.3, 0.4) is 0 Å². The summed E-state index contributed by atoms with van der Waals surface area (Å²) in [5.41, 5.74) is -3.74. The molecule has 0 aromatic heterocycles. The van der Waals surface area contributed by atoms with Crippen LogP contribution in [0.25, 0.3) is 0 Å². The minimum atomic E-state index is -4.38. The first kappa shape index (κ1) is 20.4. The van der Waals surface area contributed by atoms with Crippen LogP contribution in [-0.2, 0) is 9.84 Å². The van der Waals surface area contributed by atoms with E-state index >= 15 is 0 Å². The Morgan fingerprint density at radius 3 is 1.85 bits per heavy atom. The van der Waals surface area contributed by atoms with Crippen molar-refractivity contribution in [3.63, 3.8) is 0 Å². The number of thioether (sulfide) groups is 1. The first-order valence-electron chi connectivity index (χ1n) is 6.92. The van der Waals surface area contributed by atoms with Crippen LogP contribution in [0.15, 0.2) is 58.3 Å². The topological polar surface area (TPSA) is 75.3 Å². The first-order valence-corrected chi connectivity index (χ1v) is 9.92. The van der Waals surface area contributed by atoms with Crippen LogP contribution in [0.2, 0.25) is 0 Å². The first-order chi connectivity index (χ1) is 12.1. The van der Waals surface area contributed by atoms with Gasteiger partial charge < -0.3 is 10.6 Å². The lowest BCUT2D eigenvalue weighted by Crippen LogP contribution is -2.19. The second-order valence-electron chi connectivity index (χ2n) is 4.90. The van der Waals surface area contributed by atoms with Crippen molar-refractivity contribution < 1.29 is 26.4 Å². The molecule has 0 heterocycles. The Balaban J connectivity index is 1.96. The third-order valence-electron chi connectivity index (χ3n) is 2.96. The summed E-state index contributed by atoms with van der Waals surface area (Å²) in [5.74, 6) is 0. The van der Waals surface area contributed by atoms with Gasteiger partial charge in [-0.15, -0.1) is 11.6 Å². The molecule has 0 spiro atoms. The molecule has 0 aliphatic carbocycles. The van der Waals surface area contributed by atoms with Crippen LogP contribution in [0.4, 0.5) is 29.3 Å². The van der Waals surface area contributed by atoms with Crippen molar-refractivity contribution in [1.29, 1.82) is 0 Å². The Hall–Kier alpha value is -1.91. The number of alkyl halides is 4. The van der Waals surface area contributed by atoms with E-state index in [2.05, 4.69) is 10.6 Å². The Bertz CT molecular complexity index is 871. The molecule has 0 saturated heterocycles. The highest BCUT2D eigenvalue weighted by molar-refractivity contribution is 8.00.